The van der Waals surface area contributed by atoms with Crippen molar-refractivity contribution in [1.82, 2.24) is 15.0 Å². The first-order valence-electron chi connectivity index (χ1n) is 11.0. The first-order valence-corrected chi connectivity index (χ1v) is 11.8. The Bertz CT molecular complexity index is 1270. The molecule has 8 nitrogen and oxygen atoms in total. The van der Waals surface area contributed by atoms with E-state index >= 15 is 0 Å². The molecule has 0 saturated carbocycles. The molecule has 4 rings (SSSR count). The van der Waals surface area contributed by atoms with Crippen LogP contribution in [-0.4, -0.2) is 32.0 Å². The first-order chi connectivity index (χ1) is 16.5. The third kappa shape index (κ3) is 5.87. The van der Waals surface area contributed by atoms with Gasteiger partial charge in [0.25, 0.3) is 5.91 Å². The third-order valence-electron chi connectivity index (χ3n) is 5.37. The van der Waals surface area contributed by atoms with Gasteiger partial charge in [-0.05, 0) is 54.1 Å². The molecule has 2 heterocycles. The second kappa shape index (κ2) is 10.8. The van der Waals surface area contributed by atoms with Gasteiger partial charge in [-0.2, -0.15) is 0 Å². The number of hydrogen-bond acceptors (Lipinski definition) is 6. The van der Waals surface area contributed by atoms with Crippen molar-refractivity contribution in [3.63, 3.8) is 0 Å². The number of anilines is 2. The van der Waals surface area contributed by atoms with E-state index < -0.39 is 5.97 Å². The van der Waals surface area contributed by atoms with Crippen LogP contribution in [0.2, 0.25) is 0 Å². The van der Waals surface area contributed by atoms with E-state index in [1.807, 2.05) is 48.0 Å². The molecule has 34 heavy (non-hydrogen) atoms. The Morgan fingerprint density at radius 3 is 2.56 bits per heavy atom. The summed E-state index contributed by atoms with van der Waals surface area (Å²) in [6.45, 7) is 0.680. The number of hydrogen-bond donors (Lipinski definition) is 3. The normalized spacial score (nSPS) is 10.8. The van der Waals surface area contributed by atoms with Crippen molar-refractivity contribution >= 4 is 34.6 Å². The summed E-state index contributed by atoms with van der Waals surface area (Å²) in [5.74, 6) is -1.01. The van der Waals surface area contributed by atoms with Crippen molar-refractivity contribution < 1.29 is 14.7 Å². The molecule has 0 atom stereocenters. The van der Waals surface area contributed by atoms with E-state index in [-0.39, 0.29) is 12.3 Å². The van der Waals surface area contributed by atoms with Gasteiger partial charge in [-0.25, -0.2) is 0 Å². The largest absolute Gasteiger partial charge is 0.481 e. The average Bonchev–Trinajstić information content (AvgIpc) is 3.53. The van der Waals surface area contributed by atoms with Gasteiger partial charge < -0.3 is 16.2 Å². The van der Waals surface area contributed by atoms with E-state index in [0.717, 1.165) is 28.8 Å². The summed E-state index contributed by atoms with van der Waals surface area (Å²) in [5.41, 5.74) is 10.2. The Hall–Kier alpha value is -3.98. The van der Waals surface area contributed by atoms with Crippen LogP contribution >= 0.6 is 11.3 Å². The predicted molar refractivity (Wildman–Crippen MR) is 134 cm³/mol. The standard InChI is InChI=1S/C25H25N5O3S/c26-20-12-11-19(23-5-4-14-34-23)15-21(20)27-25(33)18-9-7-17(8-10-18)22-16-30(29-28-22)13-3-1-2-6-24(31)32/h4-5,7-12,14-16H,1-3,6,13,26H2,(H,27,33)(H,31,32). The van der Waals surface area contributed by atoms with Gasteiger partial charge >= 0.3 is 5.97 Å². The fraction of sp³-hybridized carbons (Fsp3) is 0.200. The monoisotopic (exact) mass is 475 g/mol. The lowest BCUT2D eigenvalue weighted by atomic mass is 10.1. The number of carboxylic acids is 1. The predicted octanol–water partition coefficient (Wildman–Crippen LogP) is 5.15. The molecular formula is C25H25N5O3S. The molecule has 4 aromatic rings. The Morgan fingerprint density at radius 2 is 1.82 bits per heavy atom. The lowest BCUT2D eigenvalue weighted by Crippen LogP contribution is -2.13. The van der Waals surface area contributed by atoms with Gasteiger partial charge in [-0.3, -0.25) is 14.3 Å². The van der Waals surface area contributed by atoms with E-state index in [9.17, 15) is 9.59 Å². The molecule has 0 unspecified atom stereocenters. The number of carboxylic acid groups (broad SMARTS) is 1. The van der Waals surface area contributed by atoms with Crippen LogP contribution < -0.4 is 11.1 Å². The minimum atomic E-state index is -0.768. The van der Waals surface area contributed by atoms with E-state index in [4.69, 9.17) is 10.8 Å². The highest BCUT2D eigenvalue weighted by atomic mass is 32.1. The van der Waals surface area contributed by atoms with E-state index in [0.29, 0.717) is 35.6 Å². The first kappa shape index (κ1) is 23.2. The van der Waals surface area contributed by atoms with Gasteiger partial charge in [0, 0.05) is 29.0 Å². The minimum Gasteiger partial charge on any atom is -0.481 e. The smallest absolute Gasteiger partial charge is 0.303 e. The van der Waals surface area contributed by atoms with Gasteiger partial charge in [0.05, 0.1) is 17.6 Å². The number of aliphatic carboxylic acids is 1. The van der Waals surface area contributed by atoms with Crippen LogP contribution in [0.4, 0.5) is 11.4 Å². The number of nitrogens with two attached hydrogens (primary N) is 1. The number of carbonyl (C=O) groups is 2. The molecule has 0 saturated heterocycles. The molecule has 9 heteroatoms. The molecular weight excluding hydrogens is 450 g/mol. The molecule has 0 bridgehead atoms. The molecule has 0 aliphatic heterocycles. The summed E-state index contributed by atoms with van der Waals surface area (Å²) in [6, 6.07) is 16.8. The summed E-state index contributed by atoms with van der Waals surface area (Å²) in [6.07, 6.45) is 4.36. The van der Waals surface area contributed by atoms with Crippen molar-refractivity contribution in [2.45, 2.75) is 32.2 Å². The zero-order valence-corrected chi connectivity index (χ0v) is 19.3. The van der Waals surface area contributed by atoms with Gasteiger partial charge in [-0.15, -0.1) is 16.4 Å². The van der Waals surface area contributed by atoms with E-state index in [1.165, 1.54) is 0 Å². The van der Waals surface area contributed by atoms with Crippen molar-refractivity contribution in [3.8, 4) is 21.7 Å². The molecule has 1 amide bonds. The lowest BCUT2D eigenvalue weighted by Gasteiger charge is -2.10. The van der Waals surface area contributed by atoms with Crippen LogP contribution in [0.25, 0.3) is 21.7 Å². The van der Waals surface area contributed by atoms with Gasteiger partial charge in [-0.1, -0.05) is 35.9 Å². The number of carbonyl (C=O) groups excluding carboxylic acids is 1. The Labute approximate surface area is 201 Å². The number of unbranched alkanes of at least 4 members (excludes halogenated alkanes) is 2. The molecule has 0 fully saturated rings. The minimum absolute atomic E-state index is 0.190. The Morgan fingerprint density at radius 1 is 1.03 bits per heavy atom. The van der Waals surface area contributed by atoms with Crippen molar-refractivity contribution in [2.75, 3.05) is 11.1 Å². The molecule has 0 radical (unpaired) electrons. The molecule has 4 N–H and O–H groups in total. The van der Waals surface area contributed by atoms with Crippen molar-refractivity contribution in [2.24, 2.45) is 0 Å². The molecule has 2 aromatic carbocycles. The van der Waals surface area contributed by atoms with Crippen LogP contribution in [0.5, 0.6) is 0 Å². The number of rotatable bonds is 10. The summed E-state index contributed by atoms with van der Waals surface area (Å²) in [7, 11) is 0. The van der Waals surface area contributed by atoms with Crippen LogP contribution in [-0.2, 0) is 11.3 Å². The van der Waals surface area contributed by atoms with Crippen molar-refractivity contribution in [3.05, 3.63) is 71.7 Å². The van der Waals surface area contributed by atoms with Crippen LogP contribution in [0.15, 0.2) is 66.2 Å². The number of nitrogen functional groups attached to an aromatic ring is 1. The van der Waals surface area contributed by atoms with Crippen LogP contribution in [0, 0.1) is 0 Å². The Kier molecular flexibility index (Phi) is 7.34. The van der Waals surface area contributed by atoms with Crippen LogP contribution in [0.1, 0.15) is 36.0 Å². The number of aromatic nitrogens is 3. The summed E-state index contributed by atoms with van der Waals surface area (Å²) in [4.78, 5) is 24.5. The highest BCUT2D eigenvalue weighted by Crippen LogP contribution is 2.30. The zero-order valence-electron chi connectivity index (χ0n) is 18.5. The number of aryl methyl sites for hydroxylation is 1. The molecule has 0 spiro atoms. The number of thiophene rings is 1. The second-order valence-electron chi connectivity index (χ2n) is 7.88. The molecule has 174 valence electrons. The highest BCUT2D eigenvalue weighted by molar-refractivity contribution is 7.13. The van der Waals surface area contributed by atoms with E-state index in [2.05, 4.69) is 15.6 Å². The number of amides is 1. The van der Waals surface area contributed by atoms with Gasteiger partial charge in [0.2, 0.25) is 0 Å². The maximum atomic E-state index is 12.8. The molecule has 0 aliphatic rings. The molecule has 0 aliphatic carbocycles. The second-order valence-corrected chi connectivity index (χ2v) is 8.83. The summed E-state index contributed by atoms with van der Waals surface area (Å²) in [5, 5.41) is 21.9. The van der Waals surface area contributed by atoms with Gasteiger partial charge in [0.1, 0.15) is 5.69 Å². The maximum Gasteiger partial charge on any atom is 0.303 e. The topological polar surface area (TPSA) is 123 Å². The number of benzene rings is 2. The summed E-state index contributed by atoms with van der Waals surface area (Å²) < 4.78 is 1.75. The van der Waals surface area contributed by atoms with Gasteiger partial charge in [0.15, 0.2) is 0 Å². The highest BCUT2D eigenvalue weighted by Gasteiger charge is 2.11. The number of nitrogens with zero attached hydrogens (tertiary/aromatic N) is 3. The average molecular weight is 476 g/mol. The quantitative estimate of drug-likeness (QED) is 0.215. The lowest BCUT2D eigenvalue weighted by molar-refractivity contribution is -0.137. The third-order valence-corrected chi connectivity index (χ3v) is 6.29. The number of nitrogens with one attached hydrogen (secondary N) is 1. The zero-order chi connectivity index (χ0) is 23.9. The van der Waals surface area contributed by atoms with Crippen LogP contribution in [0.3, 0.4) is 0 Å². The Balaban J connectivity index is 1.37. The van der Waals surface area contributed by atoms with E-state index in [1.54, 1.807) is 34.2 Å². The maximum absolute atomic E-state index is 12.8. The van der Waals surface area contributed by atoms with Crippen molar-refractivity contribution in [1.29, 1.82) is 0 Å². The summed E-state index contributed by atoms with van der Waals surface area (Å²) >= 11 is 1.63. The molecule has 2 aromatic heterocycles. The fourth-order valence-corrected chi connectivity index (χ4v) is 4.24. The fourth-order valence-electron chi connectivity index (χ4n) is 3.51. The SMILES string of the molecule is Nc1ccc(-c2cccs2)cc1NC(=O)c1ccc(-c2cn(CCCCCC(=O)O)nn2)cc1.